The lowest BCUT2D eigenvalue weighted by Gasteiger charge is -2.29. The molecule has 1 atom stereocenters. The summed E-state index contributed by atoms with van der Waals surface area (Å²) in [5.74, 6) is -0.705. The van der Waals surface area contributed by atoms with Crippen LogP contribution in [0.1, 0.15) is 17.2 Å². The van der Waals surface area contributed by atoms with Crippen LogP contribution >= 0.6 is 0 Å². The van der Waals surface area contributed by atoms with E-state index in [1.807, 2.05) is 30.3 Å². The van der Waals surface area contributed by atoms with Gasteiger partial charge in [0.05, 0.1) is 6.04 Å². The van der Waals surface area contributed by atoms with Crippen molar-refractivity contribution in [2.24, 2.45) is 0 Å². The minimum absolute atomic E-state index is 0.334. The molecule has 0 saturated carbocycles. The number of benzene rings is 3. The normalized spacial score (nSPS) is 11.7. The van der Waals surface area contributed by atoms with Crippen LogP contribution < -0.4 is 5.32 Å². The fraction of sp³-hybridized carbons (Fsp3) is 0.0952. The molecule has 1 N–H and O–H groups in total. The van der Waals surface area contributed by atoms with E-state index in [1.54, 1.807) is 19.2 Å². The highest BCUT2D eigenvalue weighted by Gasteiger charge is 2.23. The second-order valence-corrected chi connectivity index (χ2v) is 5.91. The number of carbonyl (C=O) groups excluding carboxylic acids is 1. The van der Waals surface area contributed by atoms with Gasteiger partial charge in [0.2, 0.25) is 0 Å². The van der Waals surface area contributed by atoms with Crippen LogP contribution in [0.4, 0.5) is 19.3 Å². The van der Waals surface area contributed by atoms with Gasteiger partial charge in [-0.25, -0.2) is 13.6 Å². The van der Waals surface area contributed by atoms with Crippen molar-refractivity contribution in [3.05, 3.63) is 102 Å². The molecule has 0 saturated heterocycles. The van der Waals surface area contributed by atoms with Gasteiger partial charge >= 0.3 is 6.03 Å². The molecule has 0 fully saturated rings. The standard InChI is InChI=1S/C21H18F2N2O/c1-25(21(26)24-19-13-11-18(23)12-14-19)20(15-5-3-2-4-6-15)16-7-9-17(22)10-8-16/h2-14,20H,1H3,(H,24,26). The van der Waals surface area contributed by atoms with Crippen LogP contribution in [0.5, 0.6) is 0 Å². The van der Waals surface area contributed by atoms with Crippen LogP contribution in [0.3, 0.4) is 0 Å². The maximum atomic E-state index is 13.3. The van der Waals surface area contributed by atoms with Crippen LogP contribution in [0.15, 0.2) is 78.9 Å². The summed E-state index contributed by atoms with van der Waals surface area (Å²) in [6, 6.07) is 20.4. The molecule has 3 nitrogen and oxygen atoms in total. The number of rotatable bonds is 4. The summed E-state index contributed by atoms with van der Waals surface area (Å²) in [5, 5.41) is 2.75. The van der Waals surface area contributed by atoms with Crippen molar-refractivity contribution in [3.63, 3.8) is 0 Å². The van der Waals surface area contributed by atoms with Gasteiger partial charge in [0.15, 0.2) is 0 Å². The topological polar surface area (TPSA) is 32.3 Å². The number of hydrogen-bond acceptors (Lipinski definition) is 1. The summed E-state index contributed by atoms with van der Waals surface area (Å²) in [6.07, 6.45) is 0. The molecule has 3 aromatic rings. The Morgan fingerprint density at radius 1 is 0.808 bits per heavy atom. The van der Waals surface area contributed by atoms with Gasteiger partial charge in [-0.3, -0.25) is 0 Å². The Labute approximate surface area is 150 Å². The number of halogens is 2. The van der Waals surface area contributed by atoms with Crippen molar-refractivity contribution in [1.29, 1.82) is 0 Å². The Morgan fingerprint density at radius 2 is 1.31 bits per heavy atom. The third-order valence-electron chi connectivity index (χ3n) is 4.10. The average molecular weight is 352 g/mol. The van der Waals surface area contributed by atoms with E-state index >= 15 is 0 Å². The average Bonchev–Trinajstić information content (AvgIpc) is 2.66. The quantitative estimate of drug-likeness (QED) is 0.686. The summed E-state index contributed by atoms with van der Waals surface area (Å²) in [5.41, 5.74) is 2.18. The van der Waals surface area contributed by atoms with Gasteiger partial charge in [-0.2, -0.15) is 0 Å². The Kier molecular flexibility index (Phi) is 5.27. The molecular formula is C21H18F2N2O. The number of amides is 2. The second kappa shape index (κ2) is 7.78. The van der Waals surface area contributed by atoms with Gasteiger partial charge in [-0.15, -0.1) is 0 Å². The van der Waals surface area contributed by atoms with Crippen molar-refractivity contribution in [1.82, 2.24) is 4.90 Å². The summed E-state index contributed by atoms with van der Waals surface area (Å²) in [4.78, 5) is 14.2. The van der Waals surface area contributed by atoms with Crippen LogP contribution in [-0.2, 0) is 0 Å². The third-order valence-corrected chi connectivity index (χ3v) is 4.10. The zero-order valence-electron chi connectivity index (χ0n) is 14.2. The fourth-order valence-corrected chi connectivity index (χ4v) is 2.78. The number of anilines is 1. The van der Waals surface area contributed by atoms with Gasteiger partial charge in [-0.05, 0) is 47.5 Å². The number of nitrogens with zero attached hydrogens (tertiary/aromatic N) is 1. The van der Waals surface area contributed by atoms with E-state index in [2.05, 4.69) is 5.32 Å². The summed E-state index contributed by atoms with van der Waals surface area (Å²) in [7, 11) is 1.67. The van der Waals surface area contributed by atoms with Gasteiger partial charge in [0.25, 0.3) is 0 Å². The molecule has 0 spiro atoms. The predicted octanol–water partition coefficient (Wildman–Crippen LogP) is 5.22. The van der Waals surface area contributed by atoms with E-state index in [9.17, 15) is 13.6 Å². The molecule has 0 aliphatic carbocycles. The van der Waals surface area contributed by atoms with Crippen molar-refractivity contribution in [2.45, 2.75) is 6.04 Å². The SMILES string of the molecule is CN(C(=O)Nc1ccc(F)cc1)C(c1ccccc1)c1ccc(F)cc1. The summed E-state index contributed by atoms with van der Waals surface area (Å²) < 4.78 is 26.3. The van der Waals surface area contributed by atoms with E-state index < -0.39 is 6.04 Å². The molecule has 132 valence electrons. The lowest BCUT2D eigenvalue weighted by atomic mass is 9.97. The van der Waals surface area contributed by atoms with Crippen molar-refractivity contribution in [2.75, 3.05) is 12.4 Å². The van der Waals surface area contributed by atoms with Crippen LogP contribution in [-0.4, -0.2) is 18.0 Å². The Hall–Kier alpha value is -3.21. The van der Waals surface area contributed by atoms with Crippen molar-refractivity contribution < 1.29 is 13.6 Å². The zero-order valence-corrected chi connectivity index (χ0v) is 14.2. The van der Waals surface area contributed by atoms with Crippen LogP contribution in [0.25, 0.3) is 0 Å². The number of urea groups is 1. The molecule has 1 unspecified atom stereocenters. The lowest BCUT2D eigenvalue weighted by Crippen LogP contribution is -2.35. The first-order valence-corrected chi connectivity index (χ1v) is 8.14. The molecule has 0 radical (unpaired) electrons. The zero-order chi connectivity index (χ0) is 18.5. The van der Waals surface area contributed by atoms with Gasteiger partial charge in [0.1, 0.15) is 11.6 Å². The van der Waals surface area contributed by atoms with E-state index in [4.69, 9.17) is 0 Å². The third kappa shape index (κ3) is 4.06. The maximum absolute atomic E-state index is 13.3. The van der Waals surface area contributed by atoms with Gasteiger partial charge in [-0.1, -0.05) is 42.5 Å². The first kappa shape index (κ1) is 17.6. The number of nitrogens with one attached hydrogen (secondary N) is 1. The molecular weight excluding hydrogens is 334 g/mol. The monoisotopic (exact) mass is 352 g/mol. The number of carbonyl (C=O) groups is 1. The molecule has 26 heavy (non-hydrogen) atoms. The van der Waals surface area contributed by atoms with Crippen molar-refractivity contribution >= 4 is 11.7 Å². The Balaban J connectivity index is 1.89. The van der Waals surface area contributed by atoms with Gasteiger partial charge < -0.3 is 10.2 Å². The second-order valence-electron chi connectivity index (χ2n) is 5.91. The lowest BCUT2D eigenvalue weighted by molar-refractivity contribution is 0.212. The van der Waals surface area contributed by atoms with E-state index in [-0.39, 0.29) is 17.7 Å². The first-order valence-electron chi connectivity index (χ1n) is 8.14. The Bertz CT molecular complexity index is 865. The molecule has 0 aliphatic heterocycles. The highest BCUT2D eigenvalue weighted by atomic mass is 19.1. The van der Waals surface area contributed by atoms with E-state index in [0.717, 1.165) is 11.1 Å². The van der Waals surface area contributed by atoms with E-state index in [0.29, 0.717) is 5.69 Å². The minimum atomic E-state index is -0.391. The van der Waals surface area contributed by atoms with Gasteiger partial charge in [0, 0.05) is 12.7 Å². The molecule has 0 aliphatic rings. The van der Waals surface area contributed by atoms with Crippen LogP contribution in [0, 0.1) is 11.6 Å². The molecule has 0 aromatic heterocycles. The largest absolute Gasteiger partial charge is 0.322 e. The molecule has 0 heterocycles. The predicted molar refractivity (Wildman–Crippen MR) is 97.9 cm³/mol. The fourth-order valence-electron chi connectivity index (χ4n) is 2.78. The summed E-state index contributed by atoms with van der Waals surface area (Å²) >= 11 is 0. The Morgan fingerprint density at radius 3 is 1.88 bits per heavy atom. The highest BCUT2D eigenvalue weighted by molar-refractivity contribution is 5.89. The summed E-state index contributed by atoms with van der Waals surface area (Å²) in [6.45, 7) is 0. The maximum Gasteiger partial charge on any atom is 0.322 e. The molecule has 0 bridgehead atoms. The molecule has 2 amide bonds. The number of hydrogen-bond donors (Lipinski definition) is 1. The minimum Gasteiger partial charge on any atom is -0.316 e. The smallest absolute Gasteiger partial charge is 0.316 e. The molecule has 3 rings (SSSR count). The molecule has 3 aromatic carbocycles. The van der Waals surface area contributed by atoms with Crippen molar-refractivity contribution in [3.8, 4) is 0 Å². The molecule has 5 heteroatoms. The highest BCUT2D eigenvalue weighted by Crippen LogP contribution is 2.28. The first-order chi connectivity index (χ1) is 12.5. The van der Waals surface area contributed by atoms with E-state index in [1.165, 1.54) is 41.3 Å². The van der Waals surface area contributed by atoms with Crippen LogP contribution in [0.2, 0.25) is 0 Å².